The summed E-state index contributed by atoms with van der Waals surface area (Å²) >= 11 is 8.06. The molecular weight excluding hydrogens is 444 g/mol. The number of aromatic nitrogens is 2. The Bertz CT molecular complexity index is 969. The molecule has 1 aromatic heterocycles. The molecule has 23 heavy (non-hydrogen) atoms. The second-order valence-corrected chi connectivity index (χ2v) is 6.31. The first-order valence-corrected chi connectivity index (χ1v) is 7.78. The molecule has 2 aromatic carbocycles. The number of fused-ring (bicyclic) bond motifs is 1. The Morgan fingerprint density at radius 1 is 1.13 bits per heavy atom. The minimum atomic E-state index is -4.51. The fraction of sp³-hybridized carbons (Fsp3) is 0.0667. The number of halogens is 5. The van der Waals surface area contributed by atoms with Crippen LogP contribution in [0.2, 0.25) is 5.28 Å². The standard InChI is InChI=1S/C15H7ClF3IN2O/c16-14-21-12-5-4-9(20)7-11(12)13(23)22(14)10-3-1-2-8(6-10)15(17,18)19/h1-7H. The summed E-state index contributed by atoms with van der Waals surface area (Å²) in [5, 5.41) is 0.0988. The molecule has 0 radical (unpaired) electrons. The van der Waals surface area contributed by atoms with E-state index in [4.69, 9.17) is 11.6 Å². The van der Waals surface area contributed by atoms with Gasteiger partial charge < -0.3 is 0 Å². The molecule has 0 unspecified atom stereocenters. The van der Waals surface area contributed by atoms with Crippen molar-refractivity contribution in [2.45, 2.75) is 6.18 Å². The minimum absolute atomic E-state index is 0.0167. The Kier molecular flexibility index (Phi) is 4.09. The van der Waals surface area contributed by atoms with Crippen molar-refractivity contribution >= 4 is 45.1 Å². The van der Waals surface area contributed by atoms with Gasteiger partial charge in [0.15, 0.2) is 0 Å². The van der Waals surface area contributed by atoms with Crippen molar-refractivity contribution in [1.29, 1.82) is 0 Å². The van der Waals surface area contributed by atoms with E-state index in [1.807, 2.05) is 22.6 Å². The number of hydrogen-bond acceptors (Lipinski definition) is 2. The molecule has 0 amide bonds. The summed E-state index contributed by atoms with van der Waals surface area (Å²) in [6, 6.07) is 9.42. The molecule has 0 fully saturated rings. The highest BCUT2D eigenvalue weighted by molar-refractivity contribution is 14.1. The highest BCUT2D eigenvalue weighted by Crippen LogP contribution is 2.30. The van der Waals surface area contributed by atoms with Gasteiger partial charge in [-0.05, 0) is 70.6 Å². The third-order valence-electron chi connectivity index (χ3n) is 3.22. The van der Waals surface area contributed by atoms with Gasteiger partial charge in [-0.2, -0.15) is 13.2 Å². The van der Waals surface area contributed by atoms with Crippen LogP contribution in [0.5, 0.6) is 0 Å². The predicted octanol–water partition coefficient (Wildman–Crippen LogP) is 4.66. The van der Waals surface area contributed by atoms with E-state index in [1.54, 1.807) is 18.2 Å². The Morgan fingerprint density at radius 2 is 1.87 bits per heavy atom. The number of hydrogen-bond donors (Lipinski definition) is 0. The average molecular weight is 451 g/mol. The zero-order valence-electron chi connectivity index (χ0n) is 11.2. The zero-order chi connectivity index (χ0) is 16.8. The van der Waals surface area contributed by atoms with Crippen LogP contribution >= 0.6 is 34.2 Å². The van der Waals surface area contributed by atoms with Crippen molar-refractivity contribution in [2.75, 3.05) is 0 Å². The van der Waals surface area contributed by atoms with Crippen LogP contribution in [0, 0.1) is 3.57 Å². The molecule has 0 saturated carbocycles. The monoisotopic (exact) mass is 450 g/mol. The lowest BCUT2D eigenvalue weighted by atomic mass is 10.2. The molecular formula is C15H7ClF3IN2O. The molecule has 3 rings (SSSR count). The van der Waals surface area contributed by atoms with E-state index in [0.29, 0.717) is 10.9 Å². The smallest absolute Gasteiger partial charge is 0.268 e. The zero-order valence-corrected chi connectivity index (χ0v) is 14.1. The van der Waals surface area contributed by atoms with Gasteiger partial charge in [-0.1, -0.05) is 6.07 Å². The van der Waals surface area contributed by atoms with Crippen LogP contribution in [0.15, 0.2) is 47.3 Å². The predicted molar refractivity (Wildman–Crippen MR) is 90.1 cm³/mol. The number of rotatable bonds is 1. The van der Waals surface area contributed by atoms with Crippen LogP contribution in [-0.2, 0) is 6.18 Å². The first-order valence-electron chi connectivity index (χ1n) is 6.33. The van der Waals surface area contributed by atoms with Crippen LogP contribution in [-0.4, -0.2) is 9.55 Å². The lowest BCUT2D eigenvalue weighted by Crippen LogP contribution is -2.21. The van der Waals surface area contributed by atoms with E-state index in [1.165, 1.54) is 12.1 Å². The van der Waals surface area contributed by atoms with Crippen molar-refractivity contribution in [3.8, 4) is 5.69 Å². The maximum absolute atomic E-state index is 12.9. The molecule has 0 atom stereocenters. The summed E-state index contributed by atoms with van der Waals surface area (Å²) in [5.41, 5.74) is -0.967. The van der Waals surface area contributed by atoms with Crippen LogP contribution in [0.3, 0.4) is 0 Å². The van der Waals surface area contributed by atoms with E-state index in [-0.39, 0.29) is 11.0 Å². The average Bonchev–Trinajstić information content (AvgIpc) is 2.48. The van der Waals surface area contributed by atoms with Crippen molar-refractivity contribution in [3.63, 3.8) is 0 Å². The van der Waals surface area contributed by atoms with Crippen LogP contribution in [0.1, 0.15) is 5.56 Å². The highest BCUT2D eigenvalue weighted by Gasteiger charge is 2.30. The van der Waals surface area contributed by atoms with Gasteiger partial charge in [0.25, 0.3) is 5.56 Å². The summed E-state index contributed by atoms with van der Waals surface area (Å²) < 4.78 is 40.3. The lowest BCUT2D eigenvalue weighted by molar-refractivity contribution is -0.137. The van der Waals surface area contributed by atoms with E-state index < -0.39 is 17.3 Å². The lowest BCUT2D eigenvalue weighted by Gasteiger charge is -2.12. The fourth-order valence-corrected chi connectivity index (χ4v) is 2.93. The molecule has 0 spiro atoms. The second-order valence-electron chi connectivity index (χ2n) is 4.73. The third-order valence-corrected chi connectivity index (χ3v) is 4.15. The van der Waals surface area contributed by atoms with E-state index in [0.717, 1.165) is 20.3 Å². The molecule has 1 heterocycles. The number of benzene rings is 2. The number of alkyl halides is 3. The maximum Gasteiger partial charge on any atom is 0.416 e. The molecule has 0 aliphatic heterocycles. The summed E-state index contributed by atoms with van der Waals surface area (Å²) in [5.74, 6) is 0. The molecule has 0 saturated heterocycles. The molecule has 3 nitrogen and oxygen atoms in total. The molecule has 3 aromatic rings. The van der Waals surface area contributed by atoms with Crippen molar-refractivity contribution in [3.05, 3.63) is 67.2 Å². The van der Waals surface area contributed by atoms with Crippen molar-refractivity contribution < 1.29 is 13.2 Å². The summed E-state index contributed by atoms with van der Waals surface area (Å²) in [6.45, 7) is 0. The molecule has 0 N–H and O–H groups in total. The molecule has 118 valence electrons. The van der Waals surface area contributed by atoms with Gasteiger partial charge >= 0.3 is 6.18 Å². The Hall–Kier alpha value is -1.61. The highest BCUT2D eigenvalue weighted by atomic mass is 127. The molecule has 0 bridgehead atoms. The van der Waals surface area contributed by atoms with Crippen LogP contribution in [0.25, 0.3) is 16.6 Å². The minimum Gasteiger partial charge on any atom is -0.268 e. The molecule has 0 aliphatic rings. The summed E-state index contributed by atoms with van der Waals surface area (Å²) in [6.07, 6.45) is -4.51. The Balaban J connectivity index is 2.30. The first kappa shape index (κ1) is 16.3. The van der Waals surface area contributed by atoms with Gasteiger partial charge in [0.05, 0.1) is 22.2 Å². The topological polar surface area (TPSA) is 34.9 Å². The first-order chi connectivity index (χ1) is 10.8. The van der Waals surface area contributed by atoms with Gasteiger partial charge in [-0.25, -0.2) is 4.98 Å². The van der Waals surface area contributed by atoms with Gasteiger partial charge in [0.2, 0.25) is 5.28 Å². The van der Waals surface area contributed by atoms with Crippen molar-refractivity contribution in [2.24, 2.45) is 0 Å². The van der Waals surface area contributed by atoms with Gasteiger partial charge in [-0.3, -0.25) is 9.36 Å². The van der Waals surface area contributed by atoms with Crippen molar-refractivity contribution in [1.82, 2.24) is 9.55 Å². The van der Waals surface area contributed by atoms with E-state index >= 15 is 0 Å². The SMILES string of the molecule is O=c1c2cc(I)ccc2nc(Cl)n1-c1cccc(C(F)(F)F)c1. The van der Waals surface area contributed by atoms with Crippen LogP contribution < -0.4 is 5.56 Å². The fourth-order valence-electron chi connectivity index (χ4n) is 2.18. The summed E-state index contributed by atoms with van der Waals surface area (Å²) in [7, 11) is 0. The maximum atomic E-state index is 12.9. The Morgan fingerprint density at radius 3 is 2.57 bits per heavy atom. The molecule has 8 heteroatoms. The normalized spacial score (nSPS) is 11.9. The van der Waals surface area contributed by atoms with Gasteiger partial charge in [0, 0.05) is 3.57 Å². The number of nitrogens with zero attached hydrogens (tertiary/aromatic N) is 2. The molecule has 0 aliphatic carbocycles. The van der Waals surface area contributed by atoms with Gasteiger partial charge in [0.1, 0.15) is 0 Å². The second kappa shape index (κ2) is 5.79. The van der Waals surface area contributed by atoms with Crippen LogP contribution in [0.4, 0.5) is 13.2 Å². The quantitative estimate of drug-likeness (QED) is 0.399. The third kappa shape index (κ3) is 3.07. The Labute approximate surface area is 146 Å². The summed E-state index contributed by atoms with van der Waals surface area (Å²) in [4.78, 5) is 16.7. The van der Waals surface area contributed by atoms with Gasteiger partial charge in [-0.15, -0.1) is 0 Å². The largest absolute Gasteiger partial charge is 0.416 e. The van der Waals surface area contributed by atoms with E-state index in [2.05, 4.69) is 4.98 Å². The van der Waals surface area contributed by atoms with E-state index in [9.17, 15) is 18.0 Å².